The molecule has 0 amide bonds. The Morgan fingerprint density at radius 1 is 0.929 bits per heavy atom. The topological polar surface area (TPSA) is 66.3 Å². The second-order valence-electron chi connectivity index (χ2n) is 17.1. The number of hydrogen-bond acceptors (Lipinski definition) is 4. The number of carboxylic acids is 1. The maximum Gasteiger partial charge on any atom is 0.310 e. The maximum atomic E-state index is 13.1. The van der Waals surface area contributed by atoms with Gasteiger partial charge in [-0.15, -0.1) is 0 Å². The van der Waals surface area contributed by atoms with Gasteiger partial charge < -0.3 is 10.0 Å². The van der Waals surface area contributed by atoms with Crippen molar-refractivity contribution in [3.63, 3.8) is 0 Å². The summed E-state index contributed by atoms with van der Waals surface area (Å²) < 4.78 is 0. The molecular weight excluding hydrogens is 518 g/mol. The third-order valence-electron chi connectivity index (χ3n) is 15.3. The molecule has 1 saturated heterocycles. The molecule has 1 aromatic heterocycles. The van der Waals surface area contributed by atoms with Crippen molar-refractivity contribution in [3.8, 4) is 0 Å². The summed E-state index contributed by atoms with van der Waals surface area (Å²) in [5, 5.41) is 10.7. The van der Waals surface area contributed by atoms with Gasteiger partial charge in [0.05, 0.1) is 11.1 Å². The van der Waals surface area contributed by atoms with E-state index in [1.54, 1.807) is 0 Å². The summed E-state index contributed by atoms with van der Waals surface area (Å²) in [5.41, 5.74) is 4.04. The van der Waals surface area contributed by atoms with Gasteiger partial charge in [0.15, 0.2) is 0 Å². The van der Waals surface area contributed by atoms with Crippen LogP contribution in [0.15, 0.2) is 18.0 Å². The fourth-order valence-corrected chi connectivity index (χ4v) is 12.7. The van der Waals surface area contributed by atoms with Gasteiger partial charge >= 0.3 is 5.97 Å². The zero-order valence-corrected chi connectivity index (χ0v) is 27.4. The Bertz CT molecular complexity index is 1310. The minimum absolute atomic E-state index is 0.000376. The first-order valence-electron chi connectivity index (χ1n) is 17.3. The van der Waals surface area contributed by atoms with E-state index in [9.17, 15) is 9.90 Å². The largest absolute Gasteiger partial charge is 0.481 e. The molecule has 2 heterocycles. The monoisotopic (exact) mass is 573 g/mol. The number of hydrogen-bond donors (Lipinski definition) is 1. The van der Waals surface area contributed by atoms with Crippen LogP contribution in [0.1, 0.15) is 124 Å². The molecule has 7 rings (SSSR count). The van der Waals surface area contributed by atoms with E-state index in [1.165, 1.54) is 54.8 Å². The van der Waals surface area contributed by atoms with Crippen molar-refractivity contribution < 1.29 is 9.90 Å². The highest BCUT2D eigenvalue weighted by atomic mass is 16.4. The van der Waals surface area contributed by atoms with Gasteiger partial charge in [0, 0.05) is 24.1 Å². The zero-order valence-electron chi connectivity index (χ0n) is 27.4. The summed E-state index contributed by atoms with van der Waals surface area (Å²) in [6, 6.07) is 0. The molecule has 1 aromatic rings. The lowest BCUT2D eigenvalue weighted by Gasteiger charge is -2.70. The molecule has 5 nitrogen and oxygen atoms in total. The second-order valence-corrected chi connectivity index (χ2v) is 17.1. The van der Waals surface area contributed by atoms with Crippen LogP contribution in [0, 0.1) is 51.2 Å². The van der Waals surface area contributed by atoms with Gasteiger partial charge in [0.25, 0.3) is 0 Å². The summed E-state index contributed by atoms with van der Waals surface area (Å²) in [6.45, 7) is 19.7. The number of allylic oxidation sites excluding steroid dienone is 2. The van der Waals surface area contributed by atoms with Crippen LogP contribution in [0.4, 0.5) is 5.82 Å². The van der Waals surface area contributed by atoms with Gasteiger partial charge in [-0.05, 0) is 116 Å². The quantitative estimate of drug-likeness (QED) is 0.361. The van der Waals surface area contributed by atoms with Gasteiger partial charge in [0.1, 0.15) is 12.1 Å². The maximum absolute atomic E-state index is 13.1. The highest BCUT2D eigenvalue weighted by molar-refractivity contribution is 5.76. The summed E-state index contributed by atoms with van der Waals surface area (Å²) in [7, 11) is 0. The number of piperidine rings is 1. The van der Waals surface area contributed by atoms with Crippen molar-refractivity contribution in [2.75, 3.05) is 18.0 Å². The first-order valence-corrected chi connectivity index (χ1v) is 17.3. The summed E-state index contributed by atoms with van der Waals surface area (Å²) in [5.74, 6) is 2.98. The number of anilines is 1. The van der Waals surface area contributed by atoms with Crippen LogP contribution in [-0.4, -0.2) is 34.1 Å². The fraction of sp³-hybridized carbons (Fsp3) is 0.811. The molecule has 1 N–H and O–H groups in total. The number of fused-ring (bicyclic) bond motifs is 8. The third kappa shape index (κ3) is 3.52. The molecule has 3 saturated carbocycles. The Morgan fingerprint density at radius 3 is 2.38 bits per heavy atom. The molecule has 230 valence electrons. The van der Waals surface area contributed by atoms with Crippen LogP contribution in [-0.2, 0) is 16.6 Å². The lowest BCUT2D eigenvalue weighted by molar-refractivity contribution is -0.179. The summed E-state index contributed by atoms with van der Waals surface area (Å²) in [6.07, 6.45) is 16.6. The van der Waals surface area contributed by atoms with Crippen molar-refractivity contribution in [2.45, 2.75) is 125 Å². The lowest BCUT2D eigenvalue weighted by atomic mass is 9.33. The van der Waals surface area contributed by atoms with Crippen molar-refractivity contribution in [1.82, 2.24) is 9.97 Å². The zero-order chi connectivity index (χ0) is 29.9. The van der Waals surface area contributed by atoms with E-state index in [0.717, 1.165) is 51.6 Å². The SMILES string of the molecule is C[C@H]1[C@H](C)CC[C@]2(C(=O)O)CC[C@]3(C)C(=CC[C@@H]4[C@@]5(C)Cc6c(N7CCCCC7)ncnc6C(C)(C)[C@@H]5CC[C@]43C)[C@H]12. The molecule has 4 fully saturated rings. The Morgan fingerprint density at radius 2 is 1.67 bits per heavy atom. The predicted octanol–water partition coefficient (Wildman–Crippen LogP) is 8.22. The third-order valence-corrected chi connectivity index (χ3v) is 15.3. The van der Waals surface area contributed by atoms with Crippen molar-refractivity contribution in [1.29, 1.82) is 0 Å². The Balaban J connectivity index is 1.34. The van der Waals surface area contributed by atoms with Crippen molar-refractivity contribution >= 4 is 11.8 Å². The van der Waals surface area contributed by atoms with Crippen molar-refractivity contribution in [3.05, 3.63) is 29.2 Å². The van der Waals surface area contributed by atoms with Gasteiger partial charge in [-0.3, -0.25) is 4.79 Å². The molecule has 0 bridgehead atoms. The average Bonchev–Trinajstić information content (AvgIpc) is 2.95. The summed E-state index contributed by atoms with van der Waals surface area (Å²) >= 11 is 0. The number of aliphatic carboxylic acids is 1. The van der Waals surface area contributed by atoms with E-state index in [2.05, 4.69) is 59.4 Å². The smallest absolute Gasteiger partial charge is 0.310 e. The van der Waals surface area contributed by atoms with Crippen molar-refractivity contribution in [2.24, 2.45) is 51.2 Å². The molecule has 9 atom stereocenters. The molecule has 0 radical (unpaired) electrons. The fourth-order valence-electron chi connectivity index (χ4n) is 12.7. The van der Waals surface area contributed by atoms with Gasteiger partial charge in [-0.2, -0.15) is 0 Å². The second kappa shape index (κ2) is 9.30. The van der Waals surface area contributed by atoms with Crippen LogP contribution in [0.2, 0.25) is 0 Å². The van der Waals surface area contributed by atoms with E-state index in [1.807, 2.05) is 6.33 Å². The van der Waals surface area contributed by atoms with Crippen LogP contribution >= 0.6 is 0 Å². The number of carboxylic acid groups (broad SMARTS) is 1. The number of carbonyl (C=O) groups is 1. The molecule has 5 aliphatic carbocycles. The van der Waals surface area contributed by atoms with E-state index in [0.29, 0.717) is 23.7 Å². The van der Waals surface area contributed by atoms with Gasteiger partial charge in [-0.25, -0.2) is 9.97 Å². The van der Waals surface area contributed by atoms with Gasteiger partial charge in [-0.1, -0.05) is 60.1 Å². The molecule has 0 unspecified atom stereocenters. The van der Waals surface area contributed by atoms with Crippen LogP contribution in [0.3, 0.4) is 0 Å². The van der Waals surface area contributed by atoms with E-state index < -0.39 is 11.4 Å². The first-order chi connectivity index (χ1) is 19.8. The molecule has 0 aromatic carbocycles. The first kappa shape index (κ1) is 28.8. The van der Waals surface area contributed by atoms with Crippen LogP contribution in [0.25, 0.3) is 0 Å². The normalized spacial score (nSPS) is 45.8. The Labute approximate surface area is 254 Å². The van der Waals surface area contributed by atoms with E-state index in [4.69, 9.17) is 9.97 Å². The minimum atomic E-state index is -0.575. The highest BCUT2D eigenvalue weighted by Gasteiger charge is 2.69. The molecule has 42 heavy (non-hydrogen) atoms. The van der Waals surface area contributed by atoms with Crippen LogP contribution in [0.5, 0.6) is 0 Å². The number of nitrogens with zero attached hydrogens (tertiary/aromatic N) is 3. The molecule has 5 heteroatoms. The predicted molar refractivity (Wildman–Crippen MR) is 168 cm³/mol. The standard InChI is InChI=1S/C37H55N3O2/c1-23-13-16-37(32(41)42)18-17-35(6)26(29(37)24(23)2)11-12-28-34(5)21-25-30(33(3,4)27(34)14-15-36(28,35)7)38-22-39-31(25)40-19-9-8-10-20-40/h11,22-24,27-29H,8-10,12-21H2,1-7H3,(H,41,42)/t23-,24+,27+,28-,29+,34+,35-,36-,37+/m1/s1. The average molecular weight is 574 g/mol. The molecule has 0 spiro atoms. The van der Waals surface area contributed by atoms with E-state index >= 15 is 0 Å². The van der Waals surface area contributed by atoms with Gasteiger partial charge in [0.2, 0.25) is 0 Å². The summed E-state index contributed by atoms with van der Waals surface area (Å²) in [4.78, 5) is 25.6. The van der Waals surface area contributed by atoms with E-state index in [-0.39, 0.29) is 27.6 Å². The number of rotatable bonds is 2. The highest BCUT2D eigenvalue weighted by Crippen LogP contribution is 2.75. The lowest BCUT2D eigenvalue weighted by Crippen LogP contribution is -2.65. The molecular formula is C37H55N3O2. The number of aromatic nitrogens is 2. The Kier molecular flexibility index (Phi) is 6.39. The minimum Gasteiger partial charge on any atom is -0.481 e. The molecule has 6 aliphatic rings. The van der Waals surface area contributed by atoms with Crippen LogP contribution < -0.4 is 4.90 Å². The molecule has 1 aliphatic heterocycles. The Hall–Kier alpha value is -1.91.